The molecule has 32 heavy (non-hydrogen) atoms. The van der Waals surface area contributed by atoms with Crippen molar-refractivity contribution in [3.63, 3.8) is 0 Å². The third-order valence-electron chi connectivity index (χ3n) is 5.94. The predicted molar refractivity (Wildman–Crippen MR) is 112 cm³/mol. The van der Waals surface area contributed by atoms with Crippen LogP contribution in [0.4, 0.5) is 0 Å². The average Bonchev–Trinajstić information content (AvgIpc) is 3.42. The van der Waals surface area contributed by atoms with Crippen LogP contribution in [0, 0.1) is 0 Å². The van der Waals surface area contributed by atoms with E-state index in [1.807, 2.05) is 12.1 Å². The van der Waals surface area contributed by atoms with E-state index in [9.17, 15) is 9.59 Å². The second-order valence-electron chi connectivity index (χ2n) is 7.69. The molecule has 2 aromatic rings. The molecule has 2 heterocycles. The molecule has 0 unspecified atom stereocenters. The molecule has 8 nitrogen and oxygen atoms in total. The Labute approximate surface area is 184 Å². The Balaban J connectivity index is 1.69. The van der Waals surface area contributed by atoms with E-state index in [2.05, 4.69) is 0 Å². The summed E-state index contributed by atoms with van der Waals surface area (Å²) in [5.74, 6) is 1.03. The third kappa shape index (κ3) is 3.14. The Morgan fingerprint density at radius 1 is 1.03 bits per heavy atom. The number of carbonyl (C=O) groups is 2. The largest absolute Gasteiger partial charge is 0.493 e. The molecule has 0 spiro atoms. The highest BCUT2D eigenvalue weighted by atomic mass is 16.7. The number of fused-ring (bicyclic) bond motifs is 2. The molecule has 0 aromatic heterocycles. The van der Waals surface area contributed by atoms with Crippen molar-refractivity contribution in [2.45, 2.75) is 25.7 Å². The summed E-state index contributed by atoms with van der Waals surface area (Å²) < 4.78 is 33.0. The number of ether oxygens (including phenoxy) is 6. The fraction of sp³-hybridized carbons (Fsp3) is 0.333. The van der Waals surface area contributed by atoms with Gasteiger partial charge in [-0.15, -0.1) is 0 Å². The molecule has 5 rings (SSSR count). The van der Waals surface area contributed by atoms with Crippen molar-refractivity contribution in [2.24, 2.45) is 0 Å². The number of rotatable bonds is 5. The van der Waals surface area contributed by atoms with E-state index in [-0.39, 0.29) is 31.5 Å². The SMILES string of the molecule is CCC(=O)Oc1c(OC)cc([C@@H]2C3=C(COC3=O)Cc3cc4c(cc32)OCO4)cc1OC. The first-order chi connectivity index (χ1) is 15.5. The Kier molecular flexibility index (Phi) is 4.92. The lowest BCUT2D eigenvalue weighted by Crippen LogP contribution is -2.18. The lowest BCUT2D eigenvalue weighted by molar-refractivity contribution is -0.136. The number of methoxy groups -OCH3 is 2. The molecule has 3 aliphatic rings. The monoisotopic (exact) mass is 438 g/mol. The maximum Gasteiger partial charge on any atom is 0.335 e. The number of carbonyl (C=O) groups excluding carboxylic acids is 2. The van der Waals surface area contributed by atoms with Gasteiger partial charge in [0.05, 0.1) is 19.8 Å². The van der Waals surface area contributed by atoms with Crippen LogP contribution in [-0.2, 0) is 20.7 Å². The number of hydrogen-bond donors (Lipinski definition) is 0. The van der Waals surface area contributed by atoms with E-state index in [0.717, 1.165) is 22.3 Å². The van der Waals surface area contributed by atoms with Gasteiger partial charge >= 0.3 is 11.9 Å². The van der Waals surface area contributed by atoms with Gasteiger partial charge in [-0.2, -0.15) is 0 Å². The molecular weight excluding hydrogens is 416 g/mol. The lowest BCUT2D eigenvalue weighted by atomic mass is 9.75. The standard InChI is InChI=1S/C24H22O8/c1-4-20(25)32-23-18(27-2)7-13(8-19(23)28-3)21-15-9-17-16(30-11-31-17)6-12(15)5-14-10-29-24(26)22(14)21/h6-9,21H,4-5,10-11H2,1-3H3/t21-/m0/s1. The summed E-state index contributed by atoms with van der Waals surface area (Å²) in [6.45, 7) is 2.13. The molecule has 0 bridgehead atoms. The Hall–Kier alpha value is -3.68. The highest BCUT2D eigenvalue weighted by Crippen LogP contribution is 2.50. The van der Waals surface area contributed by atoms with Crippen LogP contribution in [0.5, 0.6) is 28.7 Å². The topological polar surface area (TPSA) is 89.5 Å². The van der Waals surface area contributed by atoms with Gasteiger partial charge in [0.15, 0.2) is 23.0 Å². The quantitative estimate of drug-likeness (QED) is 0.519. The molecular formula is C24H22O8. The Morgan fingerprint density at radius 3 is 2.38 bits per heavy atom. The zero-order valence-corrected chi connectivity index (χ0v) is 18.0. The van der Waals surface area contributed by atoms with Crippen LogP contribution in [0.25, 0.3) is 0 Å². The summed E-state index contributed by atoms with van der Waals surface area (Å²) >= 11 is 0. The van der Waals surface area contributed by atoms with Crippen molar-refractivity contribution in [1.82, 2.24) is 0 Å². The summed E-state index contributed by atoms with van der Waals surface area (Å²) in [7, 11) is 2.98. The Bertz CT molecular complexity index is 1140. The van der Waals surface area contributed by atoms with Crippen molar-refractivity contribution < 1.29 is 38.0 Å². The van der Waals surface area contributed by atoms with Gasteiger partial charge < -0.3 is 28.4 Å². The van der Waals surface area contributed by atoms with Crippen molar-refractivity contribution in [3.8, 4) is 28.7 Å². The summed E-state index contributed by atoms with van der Waals surface area (Å²) in [4.78, 5) is 24.7. The van der Waals surface area contributed by atoms with Gasteiger partial charge in [0.2, 0.25) is 12.5 Å². The van der Waals surface area contributed by atoms with E-state index in [1.165, 1.54) is 14.2 Å². The van der Waals surface area contributed by atoms with Gasteiger partial charge in [-0.1, -0.05) is 6.92 Å². The maximum atomic E-state index is 12.7. The van der Waals surface area contributed by atoms with Crippen LogP contribution in [0.1, 0.15) is 36.0 Å². The average molecular weight is 438 g/mol. The summed E-state index contributed by atoms with van der Waals surface area (Å²) in [5, 5.41) is 0. The highest BCUT2D eigenvalue weighted by molar-refractivity contribution is 5.95. The molecule has 0 radical (unpaired) electrons. The molecule has 0 fully saturated rings. The summed E-state index contributed by atoms with van der Waals surface area (Å²) in [5.41, 5.74) is 4.26. The van der Waals surface area contributed by atoms with Gasteiger partial charge in [-0.05, 0) is 52.9 Å². The first-order valence-corrected chi connectivity index (χ1v) is 10.3. The maximum absolute atomic E-state index is 12.7. The minimum absolute atomic E-state index is 0.164. The second kappa shape index (κ2) is 7.78. The van der Waals surface area contributed by atoms with E-state index < -0.39 is 11.9 Å². The van der Waals surface area contributed by atoms with E-state index in [0.29, 0.717) is 35.0 Å². The van der Waals surface area contributed by atoms with Crippen LogP contribution in [0.15, 0.2) is 35.4 Å². The zero-order valence-electron chi connectivity index (χ0n) is 18.0. The van der Waals surface area contributed by atoms with E-state index in [1.54, 1.807) is 19.1 Å². The van der Waals surface area contributed by atoms with Gasteiger partial charge in [-0.25, -0.2) is 4.79 Å². The van der Waals surface area contributed by atoms with Crippen molar-refractivity contribution in [3.05, 3.63) is 52.1 Å². The molecule has 2 aromatic carbocycles. The molecule has 0 saturated carbocycles. The predicted octanol–water partition coefficient (Wildman–Crippen LogP) is 3.29. The van der Waals surface area contributed by atoms with Crippen LogP contribution < -0.4 is 23.7 Å². The minimum atomic E-state index is -0.419. The van der Waals surface area contributed by atoms with E-state index >= 15 is 0 Å². The normalized spacial score (nSPS) is 18.1. The van der Waals surface area contributed by atoms with Gasteiger partial charge in [0.25, 0.3) is 0 Å². The number of cyclic esters (lactones) is 1. The van der Waals surface area contributed by atoms with Crippen LogP contribution in [-0.4, -0.2) is 39.6 Å². The number of hydrogen-bond acceptors (Lipinski definition) is 8. The molecule has 166 valence electrons. The molecule has 0 saturated heterocycles. The van der Waals surface area contributed by atoms with Crippen LogP contribution in [0.2, 0.25) is 0 Å². The van der Waals surface area contributed by atoms with Crippen LogP contribution in [0.3, 0.4) is 0 Å². The number of benzene rings is 2. The first kappa shape index (κ1) is 20.2. The first-order valence-electron chi connectivity index (χ1n) is 10.3. The Morgan fingerprint density at radius 2 is 1.72 bits per heavy atom. The van der Waals surface area contributed by atoms with Crippen molar-refractivity contribution in [2.75, 3.05) is 27.6 Å². The smallest absolute Gasteiger partial charge is 0.335 e. The molecule has 2 aliphatic heterocycles. The minimum Gasteiger partial charge on any atom is -0.493 e. The molecule has 0 amide bonds. The van der Waals surface area contributed by atoms with Gasteiger partial charge in [0, 0.05) is 12.3 Å². The van der Waals surface area contributed by atoms with Crippen molar-refractivity contribution in [1.29, 1.82) is 0 Å². The lowest BCUT2D eigenvalue weighted by Gasteiger charge is -2.27. The summed E-state index contributed by atoms with van der Waals surface area (Å²) in [6, 6.07) is 7.41. The fourth-order valence-electron chi connectivity index (χ4n) is 4.43. The summed E-state index contributed by atoms with van der Waals surface area (Å²) in [6.07, 6.45) is 0.809. The third-order valence-corrected chi connectivity index (χ3v) is 5.94. The second-order valence-corrected chi connectivity index (χ2v) is 7.69. The zero-order chi connectivity index (χ0) is 22.4. The van der Waals surface area contributed by atoms with Gasteiger partial charge in [0.1, 0.15) is 6.61 Å². The van der Waals surface area contributed by atoms with Crippen molar-refractivity contribution >= 4 is 11.9 Å². The van der Waals surface area contributed by atoms with Crippen LogP contribution >= 0.6 is 0 Å². The highest BCUT2D eigenvalue weighted by Gasteiger charge is 2.40. The molecule has 1 aliphatic carbocycles. The van der Waals surface area contributed by atoms with Gasteiger partial charge in [-0.3, -0.25) is 4.79 Å². The fourth-order valence-corrected chi connectivity index (χ4v) is 4.43. The van der Waals surface area contributed by atoms with E-state index in [4.69, 9.17) is 28.4 Å². The molecule has 0 N–H and O–H groups in total. The molecule has 8 heteroatoms. The number of esters is 2. The molecule has 1 atom stereocenters.